The number of hydrogen-bond acceptors (Lipinski definition) is 7. The summed E-state index contributed by atoms with van der Waals surface area (Å²) in [6, 6.07) is 11.6. The Hall–Kier alpha value is -3.75. The van der Waals surface area contributed by atoms with Crippen LogP contribution in [-0.2, 0) is 6.42 Å². The molecule has 0 bridgehead atoms. The number of pyridine rings is 1. The number of nitrogens with zero attached hydrogens (tertiary/aromatic N) is 3. The molecule has 0 aliphatic rings. The highest BCUT2D eigenvalue weighted by Gasteiger charge is 2.18. The summed E-state index contributed by atoms with van der Waals surface area (Å²) in [5.74, 6) is 0.737. The van der Waals surface area contributed by atoms with Crippen molar-refractivity contribution in [2.24, 2.45) is 0 Å². The lowest BCUT2D eigenvalue weighted by molar-refractivity contribution is 0.102. The molecule has 7 nitrogen and oxygen atoms in total. The highest BCUT2D eigenvalue weighted by atomic mass is 35.5. The highest BCUT2D eigenvalue weighted by Crippen LogP contribution is 2.33. The van der Waals surface area contributed by atoms with Crippen molar-refractivity contribution in [2.45, 2.75) is 13.3 Å². The number of carbonyl (C=O) groups is 1. The molecule has 0 atom stereocenters. The van der Waals surface area contributed by atoms with Gasteiger partial charge < -0.3 is 15.8 Å². The number of carbonyl (C=O) groups excluding carboxylic acids is 1. The summed E-state index contributed by atoms with van der Waals surface area (Å²) >= 11 is 7.53. The van der Waals surface area contributed by atoms with Crippen molar-refractivity contribution in [1.82, 2.24) is 15.0 Å². The predicted octanol–water partition coefficient (Wildman–Crippen LogP) is 5.64. The smallest absolute Gasteiger partial charge is 0.258 e. The molecular weight excluding hydrogens is 470 g/mol. The number of thiophene rings is 1. The summed E-state index contributed by atoms with van der Waals surface area (Å²) in [5, 5.41) is 7.27. The number of nitrogens with one attached hydrogen (secondary N) is 1. The molecule has 0 saturated carbocycles. The van der Waals surface area contributed by atoms with Crippen LogP contribution in [0.3, 0.4) is 0 Å². The van der Waals surface area contributed by atoms with Gasteiger partial charge in [0.05, 0.1) is 39.3 Å². The molecule has 1 amide bonds. The normalized spacial score (nSPS) is 11.1. The van der Waals surface area contributed by atoms with Gasteiger partial charge in [-0.1, -0.05) is 29.8 Å². The molecule has 3 N–H and O–H groups in total. The van der Waals surface area contributed by atoms with E-state index in [1.807, 2.05) is 43.3 Å². The second-order valence-corrected chi connectivity index (χ2v) is 9.08. The van der Waals surface area contributed by atoms with E-state index in [9.17, 15) is 4.79 Å². The van der Waals surface area contributed by atoms with Crippen LogP contribution in [-0.4, -0.2) is 28.0 Å². The van der Waals surface area contributed by atoms with E-state index in [-0.39, 0.29) is 5.91 Å². The zero-order valence-electron chi connectivity index (χ0n) is 18.4. The first-order valence-electron chi connectivity index (χ1n) is 10.4. The standard InChI is InChI=1S/C25H20ClN5O2S/c1-13-3-5-15-16(7-8-28-19(15)9-14-4-6-18(26)20(10-14)33-2)21(13)31-25(32)17-11-34-23-22(17)29-12-30-24(23)27/h3-8,10-12H,9H2,1-2H3,(H,31,32)(H2,27,29,30). The van der Waals surface area contributed by atoms with Gasteiger partial charge in [0.15, 0.2) is 0 Å². The molecule has 0 radical (unpaired) electrons. The van der Waals surface area contributed by atoms with Crippen LogP contribution in [0.15, 0.2) is 54.3 Å². The summed E-state index contributed by atoms with van der Waals surface area (Å²) < 4.78 is 6.05. The zero-order chi connectivity index (χ0) is 23.8. The Balaban J connectivity index is 1.53. The molecule has 3 aromatic heterocycles. The van der Waals surface area contributed by atoms with Gasteiger partial charge in [0.1, 0.15) is 17.9 Å². The van der Waals surface area contributed by atoms with E-state index in [0.717, 1.165) is 33.3 Å². The third kappa shape index (κ3) is 3.91. The summed E-state index contributed by atoms with van der Waals surface area (Å²) in [5.41, 5.74) is 10.5. The molecule has 170 valence electrons. The third-order valence-electron chi connectivity index (χ3n) is 5.69. The minimum Gasteiger partial charge on any atom is -0.495 e. The van der Waals surface area contributed by atoms with Gasteiger partial charge in [-0.3, -0.25) is 9.78 Å². The summed E-state index contributed by atoms with van der Waals surface area (Å²) in [6.07, 6.45) is 3.72. The minimum absolute atomic E-state index is 0.249. The number of rotatable bonds is 5. The van der Waals surface area contributed by atoms with Crippen LogP contribution >= 0.6 is 22.9 Å². The van der Waals surface area contributed by atoms with E-state index < -0.39 is 0 Å². The minimum atomic E-state index is -0.249. The molecule has 0 spiro atoms. The lowest BCUT2D eigenvalue weighted by Crippen LogP contribution is -2.13. The summed E-state index contributed by atoms with van der Waals surface area (Å²) in [6.45, 7) is 1.96. The van der Waals surface area contributed by atoms with Crippen molar-refractivity contribution in [2.75, 3.05) is 18.2 Å². The molecule has 0 aliphatic carbocycles. The maximum absolute atomic E-state index is 13.2. The molecule has 0 aliphatic heterocycles. The van der Waals surface area contributed by atoms with E-state index in [2.05, 4.69) is 20.3 Å². The quantitative estimate of drug-likeness (QED) is 0.331. The second-order valence-electron chi connectivity index (χ2n) is 7.80. The van der Waals surface area contributed by atoms with Crippen molar-refractivity contribution < 1.29 is 9.53 Å². The number of nitrogen functional groups attached to an aromatic ring is 1. The zero-order valence-corrected chi connectivity index (χ0v) is 20.0. The van der Waals surface area contributed by atoms with Crippen molar-refractivity contribution in [3.05, 3.63) is 81.7 Å². The SMILES string of the molecule is COc1cc(Cc2nccc3c(NC(=O)c4csc5c(N)ncnc45)c(C)ccc23)ccc1Cl. The molecule has 34 heavy (non-hydrogen) atoms. The predicted molar refractivity (Wildman–Crippen MR) is 137 cm³/mol. The Morgan fingerprint density at radius 1 is 1.15 bits per heavy atom. The number of hydrogen-bond donors (Lipinski definition) is 2. The molecule has 0 unspecified atom stereocenters. The fraction of sp³-hybridized carbons (Fsp3) is 0.120. The monoisotopic (exact) mass is 489 g/mol. The first-order valence-corrected chi connectivity index (χ1v) is 11.7. The van der Waals surface area contributed by atoms with Gasteiger partial charge in [-0.15, -0.1) is 11.3 Å². The van der Waals surface area contributed by atoms with Crippen LogP contribution in [0.2, 0.25) is 5.02 Å². The van der Waals surface area contributed by atoms with Crippen molar-refractivity contribution in [3.63, 3.8) is 0 Å². The molecule has 5 rings (SSSR count). The Bertz CT molecular complexity index is 1570. The summed E-state index contributed by atoms with van der Waals surface area (Å²) in [4.78, 5) is 26.1. The average Bonchev–Trinajstić information content (AvgIpc) is 3.28. The lowest BCUT2D eigenvalue weighted by atomic mass is 10.00. The second kappa shape index (κ2) is 8.89. The van der Waals surface area contributed by atoms with E-state index in [1.54, 1.807) is 18.7 Å². The van der Waals surface area contributed by atoms with Crippen LogP contribution in [0.25, 0.3) is 21.0 Å². The number of aryl methyl sites for hydroxylation is 1. The fourth-order valence-electron chi connectivity index (χ4n) is 3.95. The maximum atomic E-state index is 13.2. The average molecular weight is 490 g/mol. The van der Waals surface area contributed by atoms with Crippen LogP contribution in [0.4, 0.5) is 11.5 Å². The number of benzene rings is 2. The van der Waals surface area contributed by atoms with Crippen molar-refractivity contribution in [1.29, 1.82) is 0 Å². The van der Waals surface area contributed by atoms with Gasteiger partial charge in [-0.2, -0.15) is 0 Å². The molecular formula is C25H20ClN5O2S. The lowest BCUT2D eigenvalue weighted by Gasteiger charge is -2.14. The van der Waals surface area contributed by atoms with Crippen LogP contribution in [0.5, 0.6) is 5.75 Å². The number of fused-ring (bicyclic) bond motifs is 2. The third-order valence-corrected chi connectivity index (χ3v) is 6.99. The Morgan fingerprint density at radius 3 is 2.82 bits per heavy atom. The molecule has 9 heteroatoms. The van der Waals surface area contributed by atoms with Gasteiger partial charge in [-0.25, -0.2) is 9.97 Å². The molecule has 5 aromatic rings. The van der Waals surface area contributed by atoms with Gasteiger partial charge in [0.25, 0.3) is 5.91 Å². The first-order chi connectivity index (χ1) is 16.5. The molecule has 0 saturated heterocycles. The fourth-order valence-corrected chi connectivity index (χ4v) is 5.05. The molecule has 2 aromatic carbocycles. The maximum Gasteiger partial charge on any atom is 0.258 e. The van der Waals surface area contributed by atoms with Crippen LogP contribution < -0.4 is 15.8 Å². The highest BCUT2D eigenvalue weighted by molar-refractivity contribution is 7.18. The first kappa shape index (κ1) is 22.1. The number of aromatic nitrogens is 3. The van der Waals surface area contributed by atoms with Crippen molar-refractivity contribution >= 4 is 61.3 Å². The van der Waals surface area contributed by atoms with E-state index in [4.69, 9.17) is 22.1 Å². The van der Waals surface area contributed by atoms with Gasteiger partial charge in [0, 0.05) is 28.8 Å². The largest absolute Gasteiger partial charge is 0.495 e. The number of amides is 1. The van der Waals surface area contributed by atoms with Crippen LogP contribution in [0, 0.1) is 6.92 Å². The number of anilines is 2. The summed E-state index contributed by atoms with van der Waals surface area (Å²) in [7, 11) is 1.59. The Labute approximate surface area is 204 Å². The molecule has 3 heterocycles. The number of nitrogens with two attached hydrogens (primary N) is 1. The van der Waals surface area contributed by atoms with Gasteiger partial charge in [-0.05, 0) is 36.2 Å². The molecule has 0 fully saturated rings. The van der Waals surface area contributed by atoms with Crippen LogP contribution in [0.1, 0.15) is 27.2 Å². The van der Waals surface area contributed by atoms with E-state index >= 15 is 0 Å². The van der Waals surface area contributed by atoms with E-state index in [0.29, 0.717) is 38.8 Å². The Morgan fingerprint density at radius 2 is 2.00 bits per heavy atom. The van der Waals surface area contributed by atoms with Gasteiger partial charge >= 0.3 is 0 Å². The number of methoxy groups -OCH3 is 1. The Kier molecular flexibility index (Phi) is 5.77. The topological polar surface area (TPSA) is 103 Å². The van der Waals surface area contributed by atoms with Crippen molar-refractivity contribution in [3.8, 4) is 5.75 Å². The van der Waals surface area contributed by atoms with E-state index in [1.165, 1.54) is 17.7 Å². The van der Waals surface area contributed by atoms with Gasteiger partial charge in [0.2, 0.25) is 0 Å². The number of halogens is 1. The number of ether oxygens (including phenoxy) is 1.